The van der Waals surface area contributed by atoms with Crippen LogP contribution in [0.4, 0.5) is 26.3 Å². The molecule has 0 aliphatic carbocycles. The molecule has 0 spiro atoms. The molecule has 200 valence electrons. The summed E-state index contributed by atoms with van der Waals surface area (Å²) in [6.07, 6.45) is -8.23. The molecule has 0 saturated heterocycles. The molecule has 2 aromatic rings. The van der Waals surface area contributed by atoms with Gasteiger partial charge in [0.1, 0.15) is 23.9 Å². The molecule has 37 heavy (non-hydrogen) atoms. The van der Waals surface area contributed by atoms with Crippen LogP contribution in [-0.4, -0.2) is 43.1 Å². The summed E-state index contributed by atoms with van der Waals surface area (Å²) in [5, 5.41) is 9.19. The molecule has 0 bridgehead atoms. The number of ether oxygens (including phenoxy) is 4. The summed E-state index contributed by atoms with van der Waals surface area (Å²) in [5.41, 5.74) is 0.535. The van der Waals surface area contributed by atoms with Crippen LogP contribution in [0.1, 0.15) is 18.1 Å². The van der Waals surface area contributed by atoms with E-state index in [1.54, 1.807) is 25.1 Å². The maximum atomic E-state index is 12.5. The summed E-state index contributed by atoms with van der Waals surface area (Å²) in [6.45, 7) is 2.02. The molecule has 0 aliphatic rings. The highest BCUT2D eigenvalue weighted by Crippen LogP contribution is 2.31. The van der Waals surface area contributed by atoms with Gasteiger partial charge in [-0.15, -0.1) is 26.3 Å². The van der Waals surface area contributed by atoms with Crippen LogP contribution in [0.2, 0.25) is 0 Å². The second-order valence-corrected chi connectivity index (χ2v) is 8.18. The standard InChI is InChI=1S/C24H19F6IO6/c1-2-34-21(22(32)33)13-16-7-8-20(19(31)12-16)35-9-5-3-4-6-15-10-17(36-23(25,26)27)14-18(11-15)37-24(28,29)30/h3,5,7-8,10-12,14,21H,2,9,13H2,1H3,(H,32,33). The van der Waals surface area contributed by atoms with Crippen LogP contribution in [0.5, 0.6) is 17.2 Å². The van der Waals surface area contributed by atoms with Gasteiger partial charge in [-0.25, -0.2) is 4.79 Å². The fraction of sp³-hybridized carbons (Fsp3) is 0.292. The first-order valence-corrected chi connectivity index (χ1v) is 11.4. The van der Waals surface area contributed by atoms with E-state index in [4.69, 9.17) is 9.47 Å². The molecule has 13 heteroatoms. The molecule has 0 fully saturated rings. The second-order valence-electron chi connectivity index (χ2n) is 7.02. The molecule has 1 atom stereocenters. The third kappa shape index (κ3) is 11.6. The number of allylic oxidation sites excluding steroid dienone is 1. The Morgan fingerprint density at radius 1 is 1.05 bits per heavy atom. The molecule has 0 aliphatic heterocycles. The first kappa shape index (κ1) is 30.1. The van der Waals surface area contributed by atoms with Crippen molar-refractivity contribution in [3.05, 3.63) is 63.2 Å². The Bertz CT molecular complexity index is 1130. The minimum atomic E-state index is -5.12. The van der Waals surface area contributed by atoms with Gasteiger partial charge >= 0.3 is 18.7 Å². The van der Waals surface area contributed by atoms with Crippen molar-refractivity contribution in [2.24, 2.45) is 0 Å². The monoisotopic (exact) mass is 644 g/mol. The molecule has 2 rings (SSSR count). The topological polar surface area (TPSA) is 74.2 Å². The first-order chi connectivity index (χ1) is 17.3. The van der Waals surface area contributed by atoms with Gasteiger partial charge in [-0.2, -0.15) is 0 Å². The van der Waals surface area contributed by atoms with Gasteiger partial charge in [0.2, 0.25) is 0 Å². The molecule has 1 unspecified atom stereocenters. The number of carboxylic acid groups (broad SMARTS) is 1. The molecular formula is C24H19F6IO6. The number of carboxylic acids is 1. The summed E-state index contributed by atoms with van der Waals surface area (Å²) in [4.78, 5) is 11.2. The first-order valence-electron chi connectivity index (χ1n) is 10.3. The van der Waals surface area contributed by atoms with E-state index in [-0.39, 0.29) is 25.2 Å². The number of aliphatic carboxylic acids is 1. The Morgan fingerprint density at radius 3 is 2.19 bits per heavy atom. The molecule has 0 heterocycles. The third-order valence-electron chi connectivity index (χ3n) is 4.16. The summed E-state index contributed by atoms with van der Waals surface area (Å²) >= 11 is 2.02. The van der Waals surface area contributed by atoms with E-state index in [1.807, 2.05) is 22.6 Å². The smallest absolute Gasteiger partial charge is 0.488 e. The van der Waals surface area contributed by atoms with E-state index in [2.05, 4.69) is 21.3 Å². The molecular weight excluding hydrogens is 625 g/mol. The van der Waals surface area contributed by atoms with Crippen molar-refractivity contribution < 1.29 is 55.2 Å². The Hall–Kier alpha value is -3.12. The SMILES string of the molecule is CCOC(Cc1ccc(OCC=CC#Cc2cc(OC(F)(F)F)cc(OC(F)(F)F)c2)c(I)c1)C(=O)O. The highest BCUT2D eigenvalue weighted by molar-refractivity contribution is 14.1. The van der Waals surface area contributed by atoms with Crippen molar-refractivity contribution in [1.29, 1.82) is 0 Å². The molecule has 0 amide bonds. The van der Waals surface area contributed by atoms with Crippen LogP contribution in [0.25, 0.3) is 0 Å². The van der Waals surface area contributed by atoms with Gasteiger partial charge < -0.3 is 24.1 Å². The largest absolute Gasteiger partial charge is 0.573 e. The summed E-state index contributed by atoms with van der Waals surface area (Å²) in [7, 11) is 0. The highest BCUT2D eigenvalue weighted by atomic mass is 127. The Balaban J connectivity index is 2.03. The molecule has 0 radical (unpaired) electrons. The van der Waals surface area contributed by atoms with E-state index in [0.29, 0.717) is 15.4 Å². The molecule has 2 aromatic carbocycles. The Morgan fingerprint density at radius 2 is 1.68 bits per heavy atom. The van der Waals surface area contributed by atoms with Crippen molar-refractivity contribution in [2.45, 2.75) is 32.2 Å². The van der Waals surface area contributed by atoms with Crippen molar-refractivity contribution in [2.75, 3.05) is 13.2 Å². The average Bonchev–Trinajstić information content (AvgIpc) is 2.74. The fourth-order valence-corrected chi connectivity index (χ4v) is 3.56. The van der Waals surface area contributed by atoms with Crippen molar-refractivity contribution in [1.82, 2.24) is 0 Å². The second kappa shape index (κ2) is 13.4. The molecule has 1 N–H and O–H groups in total. The predicted molar refractivity (Wildman–Crippen MR) is 127 cm³/mol. The van der Waals surface area contributed by atoms with E-state index >= 15 is 0 Å². The van der Waals surface area contributed by atoms with E-state index < -0.39 is 36.3 Å². The number of carbonyl (C=O) groups is 1. The number of halogens is 7. The van der Waals surface area contributed by atoms with Gasteiger partial charge in [-0.3, -0.25) is 0 Å². The molecule has 0 saturated carbocycles. The maximum absolute atomic E-state index is 12.5. The van der Waals surface area contributed by atoms with Gasteiger partial charge in [-0.1, -0.05) is 17.9 Å². The van der Waals surface area contributed by atoms with E-state index in [1.165, 1.54) is 12.2 Å². The van der Waals surface area contributed by atoms with Gasteiger partial charge in [0.15, 0.2) is 6.10 Å². The van der Waals surface area contributed by atoms with Gasteiger partial charge in [0, 0.05) is 24.7 Å². The lowest BCUT2D eigenvalue weighted by Crippen LogP contribution is -2.26. The van der Waals surface area contributed by atoms with Crippen molar-refractivity contribution in [3.8, 4) is 29.1 Å². The lowest BCUT2D eigenvalue weighted by atomic mass is 10.1. The minimum Gasteiger partial charge on any atom is -0.488 e. The Kier molecular flexibility index (Phi) is 10.9. The third-order valence-corrected chi connectivity index (χ3v) is 5.00. The van der Waals surface area contributed by atoms with Gasteiger partial charge in [0.05, 0.1) is 3.57 Å². The summed E-state index contributed by atoms with van der Waals surface area (Å²) in [5.74, 6) is 2.50. The Labute approximate surface area is 221 Å². The van der Waals surface area contributed by atoms with E-state index in [9.17, 15) is 36.2 Å². The quantitative estimate of drug-likeness (QED) is 0.191. The van der Waals surface area contributed by atoms with Crippen LogP contribution in [0.15, 0.2) is 48.6 Å². The van der Waals surface area contributed by atoms with Crippen LogP contribution in [0.3, 0.4) is 0 Å². The van der Waals surface area contributed by atoms with Gasteiger partial charge in [0.25, 0.3) is 0 Å². The van der Waals surface area contributed by atoms with Gasteiger partial charge in [-0.05, 0) is 71.5 Å². The molecule has 0 aromatic heterocycles. The van der Waals surface area contributed by atoms with Crippen molar-refractivity contribution >= 4 is 28.6 Å². The van der Waals surface area contributed by atoms with Crippen LogP contribution in [-0.2, 0) is 16.0 Å². The average molecular weight is 644 g/mol. The zero-order valence-electron chi connectivity index (χ0n) is 19.0. The van der Waals surface area contributed by atoms with Crippen LogP contribution in [0, 0.1) is 15.4 Å². The molecule has 6 nitrogen and oxygen atoms in total. The van der Waals surface area contributed by atoms with E-state index in [0.717, 1.165) is 17.7 Å². The lowest BCUT2D eigenvalue weighted by Gasteiger charge is -2.13. The lowest BCUT2D eigenvalue weighted by molar-refractivity contribution is -0.276. The number of hydrogen-bond acceptors (Lipinski definition) is 5. The number of hydrogen-bond donors (Lipinski definition) is 1. The number of alkyl halides is 6. The zero-order valence-corrected chi connectivity index (χ0v) is 21.1. The number of rotatable bonds is 10. The zero-order chi connectivity index (χ0) is 27.6. The van der Waals surface area contributed by atoms with Crippen LogP contribution < -0.4 is 14.2 Å². The maximum Gasteiger partial charge on any atom is 0.573 e. The number of benzene rings is 2. The fourth-order valence-electron chi connectivity index (χ4n) is 2.82. The van der Waals surface area contributed by atoms with Crippen LogP contribution >= 0.6 is 22.6 Å². The van der Waals surface area contributed by atoms with Crippen molar-refractivity contribution in [3.63, 3.8) is 0 Å². The highest BCUT2D eigenvalue weighted by Gasteiger charge is 2.33. The minimum absolute atomic E-state index is 0.0559. The normalized spacial score (nSPS) is 12.5. The summed E-state index contributed by atoms with van der Waals surface area (Å²) < 4.78 is 93.6. The summed E-state index contributed by atoms with van der Waals surface area (Å²) in [6, 6.07) is 7.20. The predicted octanol–water partition coefficient (Wildman–Crippen LogP) is 6.11.